The van der Waals surface area contributed by atoms with Gasteiger partial charge in [-0.2, -0.15) is 9.37 Å². The van der Waals surface area contributed by atoms with Crippen LogP contribution in [0.3, 0.4) is 0 Å². The predicted octanol–water partition coefficient (Wildman–Crippen LogP) is 3.15. The minimum absolute atomic E-state index is 0.562. The van der Waals surface area contributed by atoms with Gasteiger partial charge in [-0.25, -0.2) is 13.6 Å². The molecule has 0 fully saturated rings. The Morgan fingerprint density at radius 3 is 2.28 bits per heavy atom. The Morgan fingerprint density at radius 1 is 1.22 bits per heavy atom. The van der Waals surface area contributed by atoms with Gasteiger partial charge in [0.2, 0.25) is 0 Å². The summed E-state index contributed by atoms with van der Waals surface area (Å²) in [5.74, 6) is -4.72. The second-order valence-electron chi connectivity index (χ2n) is 4.63. The summed E-state index contributed by atoms with van der Waals surface area (Å²) >= 11 is 0. The molecule has 0 aliphatic rings. The maximum absolute atomic E-state index is 13.5. The molecule has 1 amide bonds. The van der Waals surface area contributed by atoms with Crippen LogP contribution < -0.4 is 5.32 Å². The SMILES string of the molecule is Cc1c(F)c(F)nc(NC(=O)OC(C)(C)C)c1F. The van der Waals surface area contributed by atoms with Gasteiger partial charge in [0.1, 0.15) is 5.60 Å². The van der Waals surface area contributed by atoms with E-state index >= 15 is 0 Å². The van der Waals surface area contributed by atoms with Crippen molar-refractivity contribution in [3.63, 3.8) is 0 Å². The maximum Gasteiger partial charge on any atom is 0.413 e. The van der Waals surface area contributed by atoms with E-state index in [0.717, 1.165) is 6.92 Å². The van der Waals surface area contributed by atoms with Crippen LogP contribution in [-0.4, -0.2) is 16.7 Å². The van der Waals surface area contributed by atoms with Crippen LogP contribution >= 0.6 is 0 Å². The van der Waals surface area contributed by atoms with E-state index in [4.69, 9.17) is 4.74 Å². The van der Waals surface area contributed by atoms with Gasteiger partial charge in [0.05, 0.1) is 0 Å². The summed E-state index contributed by atoms with van der Waals surface area (Å²) in [5.41, 5.74) is -1.36. The van der Waals surface area contributed by atoms with Crippen molar-refractivity contribution < 1.29 is 22.7 Å². The number of nitrogens with one attached hydrogen (secondary N) is 1. The molecule has 7 heteroatoms. The third kappa shape index (κ3) is 3.35. The largest absolute Gasteiger partial charge is 0.444 e. The number of ether oxygens (including phenoxy) is 1. The molecule has 1 aromatic heterocycles. The van der Waals surface area contributed by atoms with E-state index in [9.17, 15) is 18.0 Å². The van der Waals surface area contributed by atoms with E-state index in [-0.39, 0.29) is 0 Å². The molecular weight excluding hydrogens is 249 g/mol. The molecule has 0 aliphatic carbocycles. The number of amides is 1. The first kappa shape index (κ1) is 14.3. The fourth-order valence-electron chi connectivity index (χ4n) is 1.11. The minimum Gasteiger partial charge on any atom is -0.444 e. The van der Waals surface area contributed by atoms with Gasteiger partial charge in [-0.3, -0.25) is 5.32 Å². The molecule has 0 bridgehead atoms. The van der Waals surface area contributed by atoms with Gasteiger partial charge in [-0.1, -0.05) is 0 Å². The highest BCUT2D eigenvalue weighted by molar-refractivity contribution is 5.83. The fourth-order valence-corrected chi connectivity index (χ4v) is 1.11. The smallest absolute Gasteiger partial charge is 0.413 e. The van der Waals surface area contributed by atoms with Crippen molar-refractivity contribution in [1.29, 1.82) is 0 Å². The van der Waals surface area contributed by atoms with Crippen molar-refractivity contribution >= 4 is 11.9 Å². The lowest BCUT2D eigenvalue weighted by atomic mass is 10.2. The van der Waals surface area contributed by atoms with Gasteiger partial charge >= 0.3 is 6.09 Å². The molecule has 0 spiro atoms. The first-order valence-electron chi connectivity index (χ1n) is 5.13. The number of nitrogens with zero attached hydrogens (tertiary/aromatic N) is 1. The molecule has 0 aromatic carbocycles. The summed E-state index contributed by atoms with van der Waals surface area (Å²) in [6.07, 6.45) is -1.00. The standard InChI is InChI=1S/C11H13F3N2O2/c1-5-6(12)8(14)15-9(7(5)13)16-10(17)18-11(2,3)4/h1-4H3,(H,15,16,17). The minimum atomic E-state index is -1.49. The van der Waals surface area contributed by atoms with Crippen molar-refractivity contribution in [2.45, 2.75) is 33.3 Å². The Hall–Kier alpha value is -1.79. The molecule has 1 rings (SSSR count). The zero-order chi connectivity index (χ0) is 14.1. The van der Waals surface area contributed by atoms with E-state index in [2.05, 4.69) is 4.98 Å². The summed E-state index contributed by atoms with van der Waals surface area (Å²) in [6, 6.07) is 0. The highest BCUT2D eigenvalue weighted by atomic mass is 19.2. The third-order valence-corrected chi connectivity index (χ3v) is 1.88. The van der Waals surface area contributed by atoms with E-state index in [0.29, 0.717) is 0 Å². The number of hydrogen-bond acceptors (Lipinski definition) is 3. The van der Waals surface area contributed by atoms with Gasteiger partial charge in [0.25, 0.3) is 5.95 Å². The van der Waals surface area contributed by atoms with E-state index in [1.54, 1.807) is 20.8 Å². The Morgan fingerprint density at radius 2 is 1.78 bits per heavy atom. The van der Waals surface area contributed by atoms with Crippen molar-refractivity contribution in [3.8, 4) is 0 Å². The molecule has 4 nitrogen and oxygen atoms in total. The highest BCUT2D eigenvalue weighted by Gasteiger charge is 2.21. The molecule has 0 radical (unpaired) electrons. The predicted molar refractivity (Wildman–Crippen MR) is 58.7 cm³/mol. The van der Waals surface area contributed by atoms with Crippen LogP contribution in [0.25, 0.3) is 0 Å². The number of pyridine rings is 1. The molecule has 0 saturated carbocycles. The monoisotopic (exact) mass is 262 g/mol. The van der Waals surface area contributed by atoms with Gasteiger partial charge in [-0.05, 0) is 27.7 Å². The summed E-state index contributed by atoms with van der Waals surface area (Å²) in [6.45, 7) is 5.85. The van der Waals surface area contributed by atoms with Crippen LogP contribution in [0.1, 0.15) is 26.3 Å². The lowest BCUT2D eigenvalue weighted by Crippen LogP contribution is -2.28. The van der Waals surface area contributed by atoms with Crippen molar-refractivity contribution in [2.75, 3.05) is 5.32 Å². The van der Waals surface area contributed by atoms with Gasteiger partial charge in [0.15, 0.2) is 17.5 Å². The van der Waals surface area contributed by atoms with Gasteiger partial charge in [0, 0.05) is 5.56 Å². The van der Waals surface area contributed by atoms with Gasteiger partial charge in [-0.15, -0.1) is 0 Å². The average molecular weight is 262 g/mol. The van der Waals surface area contributed by atoms with Gasteiger partial charge < -0.3 is 4.74 Å². The lowest BCUT2D eigenvalue weighted by molar-refractivity contribution is 0.0634. The molecule has 1 heterocycles. The van der Waals surface area contributed by atoms with Crippen LogP contribution in [0.15, 0.2) is 0 Å². The third-order valence-electron chi connectivity index (χ3n) is 1.88. The molecule has 0 aliphatic heterocycles. The number of carbonyl (C=O) groups excluding carboxylic acids is 1. The van der Waals surface area contributed by atoms with Crippen molar-refractivity contribution in [2.24, 2.45) is 0 Å². The van der Waals surface area contributed by atoms with E-state index in [1.165, 1.54) is 0 Å². The first-order chi connectivity index (χ1) is 8.11. The van der Waals surface area contributed by atoms with E-state index < -0.39 is 40.7 Å². The van der Waals surface area contributed by atoms with Crippen molar-refractivity contribution in [1.82, 2.24) is 4.98 Å². The molecule has 100 valence electrons. The molecule has 0 atom stereocenters. The molecule has 1 aromatic rings. The van der Waals surface area contributed by atoms with Crippen LogP contribution in [0.2, 0.25) is 0 Å². The fraction of sp³-hybridized carbons (Fsp3) is 0.455. The number of carbonyl (C=O) groups is 1. The van der Waals surface area contributed by atoms with Crippen LogP contribution in [-0.2, 0) is 4.74 Å². The Bertz CT molecular complexity index is 484. The maximum atomic E-state index is 13.5. The Balaban J connectivity index is 2.96. The number of rotatable bonds is 1. The normalized spacial score (nSPS) is 11.3. The number of anilines is 1. The molecule has 0 saturated heterocycles. The topological polar surface area (TPSA) is 51.2 Å². The highest BCUT2D eigenvalue weighted by Crippen LogP contribution is 2.20. The Labute approximate surface area is 102 Å². The van der Waals surface area contributed by atoms with Crippen LogP contribution in [0, 0.1) is 24.5 Å². The quantitative estimate of drug-likeness (QED) is 0.791. The molecule has 0 unspecified atom stereocenters. The zero-order valence-electron chi connectivity index (χ0n) is 10.4. The summed E-state index contributed by atoms with van der Waals surface area (Å²) in [4.78, 5) is 14.3. The molecule has 1 N–H and O–H groups in total. The van der Waals surface area contributed by atoms with E-state index in [1.807, 2.05) is 5.32 Å². The zero-order valence-corrected chi connectivity index (χ0v) is 10.4. The van der Waals surface area contributed by atoms with Crippen LogP contribution in [0.5, 0.6) is 0 Å². The Kier molecular flexibility index (Phi) is 3.83. The van der Waals surface area contributed by atoms with Crippen LogP contribution in [0.4, 0.5) is 23.8 Å². The second-order valence-corrected chi connectivity index (χ2v) is 4.63. The molecular formula is C11H13F3N2O2. The summed E-state index contributed by atoms with van der Waals surface area (Å²) in [5, 5.41) is 1.92. The lowest BCUT2D eigenvalue weighted by Gasteiger charge is -2.19. The number of hydrogen-bond donors (Lipinski definition) is 1. The molecule has 18 heavy (non-hydrogen) atoms. The first-order valence-corrected chi connectivity index (χ1v) is 5.13. The second kappa shape index (κ2) is 4.83. The average Bonchev–Trinajstić information content (AvgIpc) is 2.20. The number of aromatic nitrogens is 1. The number of halogens is 3. The summed E-state index contributed by atoms with van der Waals surface area (Å²) < 4.78 is 44.3. The summed E-state index contributed by atoms with van der Waals surface area (Å²) in [7, 11) is 0. The van der Waals surface area contributed by atoms with Crippen molar-refractivity contribution in [3.05, 3.63) is 23.1 Å².